The number of aromatic nitrogens is 1. The molecule has 3 rings (SSSR count). The van der Waals surface area contributed by atoms with E-state index in [2.05, 4.69) is 28.7 Å². The van der Waals surface area contributed by atoms with E-state index in [-0.39, 0.29) is 18.5 Å². The van der Waals surface area contributed by atoms with E-state index < -0.39 is 0 Å². The summed E-state index contributed by atoms with van der Waals surface area (Å²) in [6.45, 7) is 3.06. The van der Waals surface area contributed by atoms with Crippen molar-refractivity contribution in [1.29, 1.82) is 0 Å². The van der Waals surface area contributed by atoms with Crippen molar-refractivity contribution >= 4 is 21.6 Å². The van der Waals surface area contributed by atoms with E-state index in [1.54, 1.807) is 24.5 Å². The van der Waals surface area contributed by atoms with Gasteiger partial charge in [0.05, 0.1) is 16.8 Å². The second kappa shape index (κ2) is 7.17. The molecule has 0 bridgehead atoms. The third-order valence-electron chi connectivity index (χ3n) is 3.85. The topological polar surface area (TPSA) is 34.1 Å². The van der Waals surface area contributed by atoms with Gasteiger partial charge in [-0.25, -0.2) is 4.39 Å². The Kier molecular flexibility index (Phi) is 5.00. The molecule has 0 spiro atoms. The highest BCUT2D eigenvalue weighted by Crippen LogP contribution is 2.23. The number of benzene rings is 1. The van der Waals surface area contributed by atoms with Crippen LogP contribution >= 0.6 is 11.3 Å². The predicted molar refractivity (Wildman–Crippen MR) is 92.0 cm³/mol. The van der Waals surface area contributed by atoms with E-state index >= 15 is 0 Å². The molecule has 1 atom stereocenters. The summed E-state index contributed by atoms with van der Waals surface area (Å²) in [7, 11) is 1.57. The van der Waals surface area contributed by atoms with Crippen LogP contribution in [0.3, 0.4) is 0 Å². The van der Waals surface area contributed by atoms with Crippen molar-refractivity contribution in [3.63, 3.8) is 0 Å². The molecule has 3 aromatic rings. The first-order chi connectivity index (χ1) is 11.2. The lowest BCUT2D eigenvalue weighted by Crippen LogP contribution is -2.18. The van der Waals surface area contributed by atoms with Crippen molar-refractivity contribution in [2.24, 2.45) is 0 Å². The normalized spacial score (nSPS) is 12.7. The first-order valence-electron chi connectivity index (χ1n) is 7.50. The Balaban J connectivity index is 1.68. The number of nitrogens with one attached hydrogen (secondary N) is 1. The minimum Gasteiger partial charge on any atom is -0.380 e. The summed E-state index contributed by atoms with van der Waals surface area (Å²) in [6.07, 6.45) is 1.91. The Morgan fingerprint density at radius 2 is 2.17 bits per heavy atom. The molecular weight excluding hydrogens is 311 g/mol. The molecular formula is C18H19FN2OS. The molecule has 3 nitrogen and oxygen atoms in total. The quantitative estimate of drug-likeness (QED) is 0.726. The Bertz CT molecular complexity index is 803. The zero-order chi connectivity index (χ0) is 16.2. The molecule has 2 aromatic heterocycles. The molecule has 2 heterocycles. The van der Waals surface area contributed by atoms with Crippen molar-refractivity contribution < 1.29 is 9.13 Å². The molecule has 0 amide bonds. The molecule has 0 aliphatic heterocycles. The monoisotopic (exact) mass is 330 g/mol. The summed E-state index contributed by atoms with van der Waals surface area (Å²) in [5.74, 6) is -0.226. The number of pyridine rings is 1. The lowest BCUT2D eigenvalue weighted by Gasteiger charge is -2.15. The van der Waals surface area contributed by atoms with Crippen molar-refractivity contribution in [2.45, 2.75) is 26.1 Å². The molecule has 1 aromatic carbocycles. The van der Waals surface area contributed by atoms with Crippen LogP contribution in [-0.2, 0) is 17.9 Å². The fraction of sp³-hybridized carbons (Fsp3) is 0.278. The summed E-state index contributed by atoms with van der Waals surface area (Å²) < 4.78 is 19.8. The number of fused-ring (bicyclic) bond motifs is 1. The number of hydrogen-bond acceptors (Lipinski definition) is 4. The van der Waals surface area contributed by atoms with E-state index in [0.29, 0.717) is 12.1 Å². The van der Waals surface area contributed by atoms with Gasteiger partial charge in [-0.05, 0) is 47.7 Å². The maximum absolute atomic E-state index is 13.6. The highest BCUT2D eigenvalue weighted by atomic mass is 32.1. The third kappa shape index (κ3) is 3.75. The van der Waals surface area contributed by atoms with Gasteiger partial charge in [0, 0.05) is 31.5 Å². The zero-order valence-corrected chi connectivity index (χ0v) is 14.0. The van der Waals surface area contributed by atoms with Gasteiger partial charge >= 0.3 is 0 Å². The molecule has 0 fully saturated rings. The lowest BCUT2D eigenvalue weighted by atomic mass is 10.1. The number of rotatable bonds is 6. The van der Waals surface area contributed by atoms with Crippen molar-refractivity contribution in [3.8, 4) is 0 Å². The highest BCUT2D eigenvalue weighted by molar-refractivity contribution is 7.17. The second-order valence-electron chi connectivity index (χ2n) is 5.53. The van der Waals surface area contributed by atoms with Crippen LogP contribution < -0.4 is 5.32 Å². The van der Waals surface area contributed by atoms with Crippen LogP contribution in [0.15, 0.2) is 41.9 Å². The first kappa shape index (κ1) is 16.1. The molecule has 5 heteroatoms. The smallest absolute Gasteiger partial charge is 0.128 e. The van der Waals surface area contributed by atoms with Crippen molar-refractivity contribution in [3.05, 3.63) is 64.4 Å². The van der Waals surface area contributed by atoms with Crippen LogP contribution in [0.5, 0.6) is 0 Å². The molecule has 120 valence electrons. The molecule has 0 saturated carbocycles. The second-order valence-corrected chi connectivity index (χ2v) is 6.48. The Morgan fingerprint density at radius 1 is 1.30 bits per heavy atom. The predicted octanol–water partition coefficient (Wildman–Crippen LogP) is 4.43. The number of methoxy groups -OCH3 is 1. The van der Waals surface area contributed by atoms with Crippen LogP contribution in [0.4, 0.5) is 4.39 Å². The molecule has 23 heavy (non-hydrogen) atoms. The average Bonchev–Trinajstić information content (AvgIpc) is 3.03. The largest absolute Gasteiger partial charge is 0.380 e. The summed E-state index contributed by atoms with van der Waals surface area (Å²) in [5.41, 5.74) is 3.81. The molecule has 0 saturated heterocycles. The van der Waals surface area contributed by atoms with Gasteiger partial charge in [0.1, 0.15) is 5.82 Å². The molecule has 1 N–H and O–H groups in total. The number of thiophene rings is 1. The van der Waals surface area contributed by atoms with E-state index in [9.17, 15) is 4.39 Å². The van der Waals surface area contributed by atoms with Crippen LogP contribution in [0.25, 0.3) is 10.2 Å². The van der Waals surface area contributed by atoms with Gasteiger partial charge in [0.15, 0.2) is 0 Å². The van der Waals surface area contributed by atoms with E-state index in [1.165, 1.54) is 10.8 Å². The van der Waals surface area contributed by atoms with Gasteiger partial charge in [-0.2, -0.15) is 0 Å². The standard InChI is InChI=1S/C18H19FN2OS/c1-12(14-8-18-17(21-10-14)5-6-23-18)20-9-13-3-4-16(19)15(7-13)11-22-2/h3-8,10,12,20H,9,11H2,1-2H3/t12-/m0/s1. The van der Waals surface area contributed by atoms with Crippen molar-refractivity contribution in [1.82, 2.24) is 10.3 Å². The summed E-state index contributed by atoms with van der Waals surface area (Å²) in [4.78, 5) is 4.47. The minimum atomic E-state index is -0.226. The van der Waals surface area contributed by atoms with Crippen LogP contribution in [0, 0.1) is 5.82 Å². The van der Waals surface area contributed by atoms with Gasteiger partial charge in [-0.1, -0.05) is 6.07 Å². The number of nitrogens with zero attached hydrogens (tertiary/aromatic N) is 1. The third-order valence-corrected chi connectivity index (χ3v) is 4.70. The zero-order valence-electron chi connectivity index (χ0n) is 13.2. The van der Waals surface area contributed by atoms with Gasteiger partial charge in [0.2, 0.25) is 0 Å². The molecule has 0 aliphatic carbocycles. The fourth-order valence-corrected chi connectivity index (χ4v) is 3.28. The van der Waals surface area contributed by atoms with Crippen LogP contribution in [0.1, 0.15) is 29.7 Å². The summed E-state index contributed by atoms with van der Waals surface area (Å²) in [6, 6.07) is 9.51. The summed E-state index contributed by atoms with van der Waals surface area (Å²) in [5, 5.41) is 5.51. The first-order valence-corrected chi connectivity index (χ1v) is 8.38. The average molecular weight is 330 g/mol. The summed E-state index contributed by atoms with van der Waals surface area (Å²) >= 11 is 1.70. The molecule has 0 unspecified atom stereocenters. The van der Waals surface area contributed by atoms with Crippen LogP contribution in [0.2, 0.25) is 0 Å². The number of hydrogen-bond donors (Lipinski definition) is 1. The highest BCUT2D eigenvalue weighted by Gasteiger charge is 2.09. The molecule has 0 aliphatic rings. The molecule has 0 radical (unpaired) electrons. The minimum absolute atomic E-state index is 0.171. The maximum Gasteiger partial charge on any atom is 0.128 e. The van der Waals surface area contributed by atoms with E-state index in [4.69, 9.17) is 4.74 Å². The Hall–Kier alpha value is -1.82. The van der Waals surface area contributed by atoms with Gasteiger partial charge in [-0.15, -0.1) is 11.3 Å². The Labute approximate surface area is 139 Å². The van der Waals surface area contributed by atoms with E-state index in [0.717, 1.165) is 16.6 Å². The van der Waals surface area contributed by atoms with Gasteiger partial charge in [-0.3, -0.25) is 4.98 Å². The fourth-order valence-electron chi connectivity index (χ4n) is 2.49. The van der Waals surface area contributed by atoms with E-state index in [1.807, 2.05) is 18.3 Å². The number of halogens is 1. The van der Waals surface area contributed by atoms with Gasteiger partial charge < -0.3 is 10.1 Å². The maximum atomic E-state index is 13.6. The number of ether oxygens (including phenoxy) is 1. The SMILES string of the molecule is COCc1cc(CN[C@@H](C)c2cnc3ccsc3c2)ccc1F. The lowest BCUT2D eigenvalue weighted by molar-refractivity contribution is 0.181. The van der Waals surface area contributed by atoms with Crippen molar-refractivity contribution in [2.75, 3.05) is 7.11 Å². The van der Waals surface area contributed by atoms with Gasteiger partial charge in [0.25, 0.3) is 0 Å². The van der Waals surface area contributed by atoms with Crippen LogP contribution in [-0.4, -0.2) is 12.1 Å². The Morgan fingerprint density at radius 3 is 3.00 bits per heavy atom.